The number of allylic oxidation sites excluding steroid dienone is 1. The van der Waals surface area contributed by atoms with E-state index in [-0.39, 0.29) is 28.8 Å². The first kappa shape index (κ1) is 19.2. The van der Waals surface area contributed by atoms with E-state index >= 15 is 0 Å². The molecule has 0 aromatic heterocycles. The molecule has 4 aliphatic carbocycles. The lowest BCUT2D eigenvalue weighted by Gasteiger charge is -2.59. The molecule has 0 heterocycles. The van der Waals surface area contributed by atoms with Gasteiger partial charge in [-0.25, -0.2) is 0 Å². The predicted molar refractivity (Wildman–Crippen MR) is 103 cm³/mol. The highest BCUT2D eigenvalue weighted by molar-refractivity contribution is 5.79. The third-order valence-corrected chi connectivity index (χ3v) is 8.95. The monoisotopic (exact) mass is 374 g/mol. The molecule has 3 fully saturated rings. The largest absolute Gasteiger partial charge is 0.462 e. The van der Waals surface area contributed by atoms with Crippen molar-refractivity contribution in [2.45, 2.75) is 84.8 Å². The average molecular weight is 375 g/mol. The number of ketones is 1. The van der Waals surface area contributed by atoms with Crippen molar-refractivity contribution in [3.63, 3.8) is 0 Å². The van der Waals surface area contributed by atoms with Gasteiger partial charge in [-0.05, 0) is 68.6 Å². The van der Waals surface area contributed by atoms with Gasteiger partial charge in [0, 0.05) is 24.7 Å². The summed E-state index contributed by atoms with van der Waals surface area (Å²) >= 11 is 0. The molecule has 0 aromatic rings. The van der Waals surface area contributed by atoms with Crippen molar-refractivity contribution in [3.8, 4) is 0 Å². The van der Waals surface area contributed by atoms with Crippen molar-refractivity contribution in [1.29, 1.82) is 0 Å². The van der Waals surface area contributed by atoms with E-state index in [2.05, 4.69) is 19.9 Å². The van der Waals surface area contributed by atoms with Gasteiger partial charge in [0.15, 0.2) is 0 Å². The molecule has 0 radical (unpaired) electrons. The fraction of sp³-hybridized carbons (Fsp3) is 0.826. The molecule has 0 aromatic carbocycles. The number of rotatable bonds is 2. The highest BCUT2D eigenvalue weighted by Gasteiger charge is 2.61. The fourth-order valence-electron chi connectivity index (χ4n) is 7.71. The van der Waals surface area contributed by atoms with Gasteiger partial charge in [0.25, 0.3) is 0 Å². The predicted octanol–water partition coefficient (Wildman–Crippen LogP) is 4.06. The summed E-state index contributed by atoms with van der Waals surface area (Å²) in [7, 11) is 0. The summed E-state index contributed by atoms with van der Waals surface area (Å²) in [6.45, 7) is 7.86. The minimum atomic E-state index is -0.423. The summed E-state index contributed by atoms with van der Waals surface area (Å²) in [5.74, 6) is 1.90. The van der Waals surface area contributed by atoms with Crippen LogP contribution in [0.2, 0.25) is 0 Å². The Hall–Kier alpha value is -1.16. The third-order valence-electron chi connectivity index (χ3n) is 8.95. The van der Waals surface area contributed by atoms with Crippen LogP contribution < -0.4 is 0 Å². The van der Waals surface area contributed by atoms with Gasteiger partial charge < -0.3 is 9.84 Å². The summed E-state index contributed by atoms with van der Waals surface area (Å²) in [6, 6.07) is 0. The number of fused-ring (bicyclic) bond motifs is 5. The van der Waals surface area contributed by atoms with E-state index < -0.39 is 6.10 Å². The molecule has 4 nitrogen and oxygen atoms in total. The Kier molecular flexibility index (Phi) is 4.57. The van der Waals surface area contributed by atoms with E-state index in [1.165, 1.54) is 12.5 Å². The summed E-state index contributed by atoms with van der Waals surface area (Å²) in [5, 5.41) is 10.4. The van der Waals surface area contributed by atoms with Crippen molar-refractivity contribution < 1.29 is 19.4 Å². The molecule has 0 bridgehead atoms. The van der Waals surface area contributed by atoms with E-state index in [4.69, 9.17) is 4.74 Å². The molecule has 27 heavy (non-hydrogen) atoms. The molecule has 8 atom stereocenters. The number of carbonyl (C=O) groups excluding carboxylic acids is 2. The number of carbonyl (C=O) groups is 2. The summed E-state index contributed by atoms with van der Waals surface area (Å²) in [6.07, 6.45) is 8.29. The van der Waals surface area contributed by atoms with Crippen LogP contribution in [-0.4, -0.2) is 29.1 Å². The SMILES string of the molecule is CC(=O)OC1CC(O)CC2=CCC3C(CC[C@@]4(C)C3CC[C@@H]4C(C)=O)[C@]21C. The molecule has 5 unspecified atom stereocenters. The zero-order valence-corrected chi connectivity index (χ0v) is 17.2. The van der Waals surface area contributed by atoms with Crippen LogP contribution in [0.25, 0.3) is 0 Å². The number of Topliss-reactive ketones (excluding diaryl/α,β-unsaturated/α-hetero) is 1. The first-order chi connectivity index (χ1) is 12.7. The Morgan fingerprint density at radius 2 is 1.89 bits per heavy atom. The van der Waals surface area contributed by atoms with E-state index in [0.29, 0.717) is 36.4 Å². The average Bonchev–Trinajstić information content (AvgIpc) is 2.93. The Morgan fingerprint density at radius 1 is 1.15 bits per heavy atom. The number of hydrogen-bond donors (Lipinski definition) is 1. The Balaban J connectivity index is 1.70. The zero-order chi connectivity index (χ0) is 19.6. The Bertz CT molecular complexity index is 682. The molecule has 3 saturated carbocycles. The van der Waals surface area contributed by atoms with Crippen LogP contribution in [-0.2, 0) is 14.3 Å². The van der Waals surface area contributed by atoms with Crippen molar-refractivity contribution in [2.75, 3.05) is 0 Å². The maximum absolute atomic E-state index is 12.3. The van der Waals surface area contributed by atoms with Crippen molar-refractivity contribution in [1.82, 2.24) is 0 Å². The maximum atomic E-state index is 12.3. The second-order valence-corrected chi connectivity index (χ2v) is 10.1. The molecule has 1 N–H and O–H groups in total. The molecule has 150 valence electrons. The number of esters is 1. The first-order valence-corrected chi connectivity index (χ1v) is 10.7. The smallest absolute Gasteiger partial charge is 0.302 e. The number of aliphatic hydroxyl groups is 1. The third kappa shape index (κ3) is 2.73. The van der Waals surface area contributed by atoms with Crippen LogP contribution in [0.1, 0.15) is 72.6 Å². The molecular weight excluding hydrogens is 340 g/mol. The quantitative estimate of drug-likeness (QED) is 0.585. The molecule has 0 aliphatic heterocycles. The van der Waals surface area contributed by atoms with E-state index in [0.717, 1.165) is 32.1 Å². The minimum Gasteiger partial charge on any atom is -0.462 e. The normalized spacial score (nSPS) is 48.7. The standard InChI is InChI=1S/C23H34O4/c1-13(24)18-7-8-19-17-6-5-15-11-16(26)12-21(27-14(2)25)23(15,4)20(17)9-10-22(18,19)3/h5,16-21,26H,6-12H2,1-4H3/t16?,17?,18-,19?,20?,21?,22-,23+/m1/s1. The van der Waals surface area contributed by atoms with Crippen molar-refractivity contribution >= 4 is 11.8 Å². The number of aliphatic hydroxyl groups excluding tert-OH is 1. The van der Waals surface area contributed by atoms with Gasteiger partial charge in [0.05, 0.1) is 6.10 Å². The highest BCUT2D eigenvalue weighted by atomic mass is 16.5. The minimum absolute atomic E-state index is 0.125. The molecule has 4 aliphatic rings. The van der Waals surface area contributed by atoms with Gasteiger partial charge in [-0.3, -0.25) is 9.59 Å². The van der Waals surface area contributed by atoms with E-state index in [1.807, 2.05) is 0 Å². The molecule has 0 saturated heterocycles. The summed E-state index contributed by atoms with van der Waals surface area (Å²) in [4.78, 5) is 24.1. The number of hydrogen-bond acceptors (Lipinski definition) is 4. The lowest BCUT2D eigenvalue weighted by atomic mass is 9.46. The topological polar surface area (TPSA) is 63.6 Å². The van der Waals surface area contributed by atoms with Crippen LogP contribution in [0.3, 0.4) is 0 Å². The van der Waals surface area contributed by atoms with E-state index in [1.54, 1.807) is 6.92 Å². The Labute approximate surface area is 162 Å². The summed E-state index contributed by atoms with van der Waals surface area (Å²) in [5.41, 5.74) is 1.24. The molecule has 4 rings (SSSR count). The molecule has 0 spiro atoms. The maximum Gasteiger partial charge on any atom is 0.302 e. The first-order valence-electron chi connectivity index (χ1n) is 10.7. The van der Waals surface area contributed by atoms with Crippen LogP contribution in [0.15, 0.2) is 11.6 Å². The van der Waals surface area contributed by atoms with Gasteiger partial charge in [-0.2, -0.15) is 0 Å². The molecule has 4 heteroatoms. The Morgan fingerprint density at radius 3 is 2.56 bits per heavy atom. The van der Waals surface area contributed by atoms with Crippen molar-refractivity contribution in [3.05, 3.63) is 11.6 Å². The van der Waals surface area contributed by atoms with Gasteiger partial charge in [-0.1, -0.05) is 25.5 Å². The van der Waals surface area contributed by atoms with Crippen LogP contribution in [0, 0.1) is 34.5 Å². The van der Waals surface area contributed by atoms with Gasteiger partial charge >= 0.3 is 5.97 Å². The lowest BCUT2D eigenvalue weighted by Crippen LogP contribution is -2.56. The van der Waals surface area contributed by atoms with Gasteiger partial charge in [0.2, 0.25) is 0 Å². The second-order valence-electron chi connectivity index (χ2n) is 10.1. The van der Waals surface area contributed by atoms with Crippen LogP contribution >= 0.6 is 0 Å². The lowest BCUT2D eigenvalue weighted by molar-refractivity contribution is -0.167. The summed E-state index contributed by atoms with van der Waals surface area (Å²) < 4.78 is 5.79. The van der Waals surface area contributed by atoms with Crippen LogP contribution in [0.5, 0.6) is 0 Å². The van der Waals surface area contributed by atoms with Crippen molar-refractivity contribution in [2.24, 2.45) is 34.5 Å². The van der Waals surface area contributed by atoms with Gasteiger partial charge in [-0.15, -0.1) is 0 Å². The van der Waals surface area contributed by atoms with E-state index in [9.17, 15) is 14.7 Å². The molecular formula is C23H34O4. The number of ether oxygens (including phenoxy) is 1. The fourth-order valence-corrected chi connectivity index (χ4v) is 7.71. The second kappa shape index (κ2) is 6.43. The van der Waals surface area contributed by atoms with Gasteiger partial charge in [0.1, 0.15) is 11.9 Å². The highest BCUT2D eigenvalue weighted by Crippen LogP contribution is 2.66. The van der Waals surface area contributed by atoms with Crippen LogP contribution in [0.4, 0.5) is 0 Å². The molecule has 0 amide bonds. The zero-order valence-electron chi connectivity index (χ0n) is 17.2.